The summed E-state index contributed by atoms with van der Waals surface area (Å²) in [5, 5.41) is 22.2. The van der Waals surface area contributed by atoms with Crippen LogP contribution < -0.4 is 10.0 Å². The summed E-state index contributed by atoms with van der Waals surface area (Å²) in [6.07, 6.45) is 0. The van der Waals surface area contributed by atoms with Crippen LogP contribution in [0, 0.1) is 0 Å². The minimum absolute atomic E-state index is 0.388. The molecule has 26 heavy (non-hydrogen) atoms. The Morgan fingerprint density at radius 3 is 2.42 bits per heavy atom. The summed E-state index contributed by atoms with van der Waals surface area (Å²) in [6.45, 7) is 1.49. The van der Waals surface area contributed by atoms with Crippen LogP contribution in [-0.2, 0) is 4.74 Å². The first-order valence-electron chi connectivity index (χ1n) is 8.62. The number of rotatable bonds is 4. The van der Waals surface area contributed by atoms with Gasteiger partial charge in [0.1, 0.15) is 0 Å². The smallest absolute Gasteiger partial charge is 0.261 e. The van der Waals surface area contributed by atoms with Crippen LogP contribution in [0.2, 0.25) is 0 Å². The predicted molar refractivity (Wildman–Crippen MR) is 93.2 cm³/mol. The molecule has 2 heterocycles. The molecule has 2 amide bonds. The first-order chi connectivity index (χ1) is 12.7. The van der Waals surface area contributed by atoms with Crippen molar-refractivity contribution < 1.29 is 24.5 Å². The van der Waals surface area contributed by atoms with Crippen LogP contribution in [0.5, 0.6) is 0 Å². The van der Waals surface area contributed by atoms with Crippen LogP contribution in [0.15, 0.2) is 30.3 Å². The van der Waals surface area contributed by atoms with Crippen molar-refractivity contribution in [3.63, 3.8) is 0 Å². The number of nitrogens with zero attached hydrogens (tertiary/aromatic N) is 2. The molecule has 0 aromatic heterocycles. The number of anilines is 1. The Kier molecular flexibility index (Phi) is 4.36. The summed E-state index contributed by atoms with van der Waals surface area (Å²) in [4.78, 5) is 28.8. The fourth-order valence-electron chi connectivity index (χ4n) is 3.72. The minimum atomic E-state index is -1.06. The molecule has 1 saturated heterocycles. The molecule has 0 radical (unpaired) electrons. The SMILES string of the molecule is O=C1c2cccc3c(N4CCOCC4)ccc(c23)C(=O)N1C(C[O-])CO. The maximum absolute atomic E-state index is 12.9. The molecule has 2 aromatic carbocycles. The number of hydrogen-bond donors (Lipinski definition) is 1. The summed E-state index contributed by atoms with van der Waals surface area (Å²) in [7, 11) is 0. The molecule has 7 heteroatoms. The third kappa shape index (κ3) is 2.47. The molecule has 2 aliphatic heterocycles. The highest BCUT2D eigenvalue weighted by atomic mass is 16.5. The van der Waals surface area contributed by atoms with E-state index in [2.05, 4.69) is 4.90 Å². The summed E-state index contributed by atoms with van der Waals surface area (Å²) >= 11 is 0. The van der Waals surface area contributed by atoms with Gasteiger partial charge in [-0.05, 0) is 18.2 Å². The van der Waals surface area contributed by atoms with Crippen molar-refractivity contribution in [2.24, 2.45) is 0 Å². The van der Waals surface area contributed by atoms with Gasteiger partial charge in [-0.2, -0.15) is 0 Å². The van der Waals surface area contributed by atoms with E-state index in [0.717, 1.165) is 29.1 Å². The lowest BCUT2D eigenvalue weighted by Gasteiger charge is -2.35. The van der Waals surface area contributed by atoms with Crippen molar-refractivity contribution >= 4 is 28.3 Å². The largest absolute Gasteiger partial charge is 0.853 e. The predicted octanol–water partition coefficient (Wildman–Crippen LogP) is -0.00640. The van der Waals surface area contributed by atoms with E-state index in [9.17, 15) is 19.8 Å². The lowest BCUT2D eigenvalue weighted by Crippen LogP contribution is -2.52. The standard InChI is InChI=1S/C19H19N2O5/c22-10-12(11-23)21-18(24)14-3-1-2-13-16(20-6-8-26-9-7-20)5-4-15(17(13)14)19(21)25/h1-5,12,22H,6-11H2/q-1. The normalized spacial score (nSPS) is 18.5. The van der Waals surface area contributed by atoms with Crippen molar-refractivity contribution in [1.29, 1.82) is 0 Å². The second-order valence-electron chi connectivity index (χ2n) is 6.44. The maximum Gasteiger partial charge on any atom is 0.261 e. The van der Waals surface area contributed by atoms with E-state index >= 15 is 0 Å². The van der Waals surface area contributed by atoms with Gasteiger partial charge >= 0.3 is 0 Å². The Balaban J connectivity index is 1.88. The first-order valence-corrected chi connectivity index (χ1v) is 8.62. The second-order valence-corrected chi connectivity index (χ2v) is 6.44. The van der Waals surface area contributed by atoms with Crippen molar-refractivity contribution in [2.45, 2.75) is 6.04 Å². The number of benzene rings is 2. The van der Waals surface area contributed by atoms with E-state index < -0.39 is 31.1 Å². The topological polar surface area (TPSA) is 93.1 Å². The number of imide groups is 1. The number of ether oxygens (including phenoxy) is 1. The summed E-state index contributed by atoms with van der Waals surface area (Å²) in [5.41, 5.74) is 1.74. The molecule has 1 atom stereocenters. The number of amides is 2. The quantitative estimate of drug-likeness (QED) is 0.776. The zero-order valence-electron chi connectivity index (χ0n) is 14.2. The van der Waals surface area contributed by atoms with Crippen LogP contribution in [0.4, 0.5) is 5.69 Å². The molecule has 0 bridgehead atoms. The molecule has 1 unspecified atom stereocenters. The fourth-order valence-corrected chi connectivity index (χ4v) is 3.72. The van der Waals surface area contributed by atoms with Crippen molar-refractivity contribution in [3.05, 3.63) is 41.5 Å². The first kappa shape index (κ1) is 17.0. The molecular weight excluding hydrogens is 336 g/mol. The molecule has 136 valence electrons. The van der Waals surface area contributed by atoms with Crippen molar-refractivity contribution in [2.75, 3.05) is 44.4 Å². The average molecular weight is 355 g/mol. The van der Waals surface area contributed by atoms with Crippen molar-refractivity contribution in [1.82, 2.24) is 4.90 Å². The molecule has 0 saturated carbocycles. The Labute approximate surface area is 150 Å². The second kappa shape index (κ2) is 6.68. The summed E-state index contributed by atoms with van der Waals surface area (Å²) in [6, 6.07) is 7.87. The monoisotopic (exact) mass is 355 g/mol. The van der Waals surface area contributed by atoms with Crippen LogP contribution in [-0.4, -0.2) is 67.4 Å². The van der Waals surface area contributed by atoms with Gasteiger partial charge in [0, 0.05) is 46.7 Å². The zero-order valence-corrected chi connectivity index (χ0v) is 14.2. The number of carbonyl (C=O) groups excluding carboxylic acids is 2. The van der Waals surface area contributed by atoms with E-state index in [-0.39, 0.29) is 0 Å². The van der Waals surface area contributed by atoms with E-state index in [1.54, 1.807) is 18.2 Å². The maximum atomic E-state index is 12.9. The van der Waals surface area contributed by atoms with E-state index in [4.69, 9.17) is 4.74 Å². The Bertz CT molecular complexity index is 849. The van der Waals surface area contributed by atoms with Crippen LogP contribution in [0.3, 0.4) is 0 Å². The molecule has 2 aliphatic rings. The van der Waals surface area contributed by atoms with Crippen LogP contribution >= 0.6 is 0 Å². The number of morpholine rings is 1. The van der Waals surface area contributed by atoms with Crippen LogP contribution in [0.25, 0.3) is 10.8 Å². The van der Waals surface area contributed by atoms with Gasteiger partial charge in [-0.15, -0.1) is 6.61 Å². The molecule has 4 rings (SSSR count). The van der Waals surface area contributed by atoms with E-state index in [1.165, 1.54) is 0 Å². The lowest BCUT2D eigenvalue weighted by molar-refractivity contribution is -0.377. The van der Waals surface area contributed by atoms with Crippen molar-refractivity contribution in [3.8, 4) is 0 Å². The third-order valence-corrected chi connectivity index (χ3v) is 5.04. The van der Waals surface area contributed by atoms with E-state index in [1.807, 2.05) is 12.1 Å². The van der Waals surface area contributed by atoms with Gasteiger partial charge in [0.25, 0.3) is 11.8 Å². The number of aliphatic hydroxyl groups excluding tert-OH is 1. The third-order valence-electron chi connectivity index (χ3n) is 5.04. The molecular formula is C19H19N2O5-. The molecule has 2 aromatic rings. The Morgan fingerprint density at radius 1 is 1.08 bits per heavy atom. The zero-order chi connectivity index (χ0) is 18.3. The van der Waals surface area contributed by atoms with Gasteiger partial charge in [0.2, 0.25) is 0 Å². The molecule has 1 fully saturated rings. The molecule has 0 spiro atoms. The molecule has 7 nitrogen and oxygen atoms in total. The average Bonchev–Trinajstić information content (AvgIpc) is 2.69. The summed E-state index contributed by atoms with van der Waals surface area (Å²) < 4.78 is 5.40. The Hall–Kier alpha value is -2.48. The van der Waals surface area contributed by atoms with Gasteiger partial charge in [-0.1, -0.05) is 12.1 Å². The molecule has 0 aliphatic carbocycles. The van der Waals surface area contributed by atoms with Crippen LogP contribution in [0.1, 0.15) is 20.7 Å². The van der Waals surface area contributed by atoms with E-state index in [0.29, 0.717) is 29.7 Å². The lowest BCUT2D eigenvalue weighted by atomic mass is 9.92. The number of carbonyl (C=O) groups is 2. The van der Waals surface area contributed by atoms with Gasteiger partial charge < -0.3 is 19.8 Å². The summed E-state index contributed by atoms with van der Waals surface area (Å²) in [5.74, 6) is -1.05. The fraction of sp³-hybridized carbons (Fsp3) is 0.368. The number of aliphatic hydroxyl groups is 1. The minimum Gasteiger partial charge on any atom is -0.853 e. The van der Waals surface area contributed by atoms with Gasteiger partial charge in [-0.3, -0.25) is 14.5 Å². The molecule has 1 N–H and O–H groups in total. The van der Waals surface area contributed by atoms with Gasteiger partial charge in [-0.25, -0.2) is 0 Å². The highest BCUT2D eigenvalue weighted by Gasteiger charge is 2.36. The Morgan fingerprint density at radius 2 is 1.77 bits per heavy atom. The highest BCUT2D eigenvalue weighted by Crippen LogP contribution is 2.36. The van der Waals surface area contributed by atoms with Gasteiger partial charge in [0.15, 0.2) is 0 Å². The number of hydrogen-bond acceptors (Lipinski definition) is 6. The highest BCUT2D eigenvalue weighted by molar-refractivity contribution is 6.27. The van der Waals surface area contributed by atoms with Gasteiger partial charge in [0.05, 0.1) is 19.8 Å².